The fourth-order valence-corrected chi connectivity index (χ4v) is 4.39. The van der Waals surface area contributed by atoms with Gasteiger partial charge in [-0.1, -0.05) is 31.3 Å². The Morgan fingerprint density at radius 3 is 2.29 bits per heavy atom. The number of likely N-dealkylation sites (N-methyl/N-ethyl adjacent to an activating group) is 1. The number of nitrogens with zero attached hydrogens (tertiary/aromatic N) is 3. The Balaban J connectivity index is 2.01. The highest BCUT2D eigenvalue weighted by Crippen LogP contribution is 2.35. The first kappa shape index (κ1) is 22.8. The molecule has 1 heterocycles. The second-order valence-electron chi connectivity index (χ2n) is 6.86. The van der Waals surface area contributed by atoms with Crippen LogP contribution in [0.1, 0.15) is 24.2 Å². The predicted molar refractivity (Wildman–Crippen MR) is 125 cm³/mol. The van der Waals surface area contributed by atoms with E-state index in [2.05, 4.69) is 18.7 Å². The van der Waals surface area contributed by atoms with Gasteiger partial charge in [-0.15, -0.1) is 0 Å². The summed E-state index contributed by atoms with van der Waals surface area (Å²) in [5.41, 5.74) is 1.28. The maximum Gasteiger partial charge on any atom is 0.260 e. The molecule has 7 nitrogen and oxygen atoms in total. The van der Waals surface area contributed by atoms with Crippen LogP contribution in [0, 0.1) is 0 Å². The number of para-hydroxylation sites is 1. The molecule has 1 aromatic heterocycles. The lowest BCUT2D eigenvalue weighted by molar-refractivity contribution is 0.0983. The Morgan fingerprint density at radius 2 is 1.65 bits per heavy atom. The number of methoxy groups -OCH3 is 3. The average Bonchev–Trinajstić information content (AvgIpc) is 3.25. The van der Waals surface area contributed by atoms with Crippen molar-refractivity contribution in [1.82, 2.24) is 9.88 Å². The normalized spacial score (nSPS) is 11.0. The summed E-state index contributed by atoms with van der Waals surface area (Å²) in [6, 6.07) is 11.0. The van der Waals surface area contributed by atoms with Gasteiger partial charge in [0.2, 0.25) is 0 Å². The van der Waals surface area contributed by atoms with E-state index in [0.717, 1.165) is 29.9 Å². The zero-order chi connectivity index (χ0) is 22.4. The topological polar surface area (TPSA) is 64.1 Å². The van der Waals surface area contributed by atoms with Crippen molar-refractivity contribution in [1.29, 1.82) is 0 Å². The summed E-state index contributed by atoms with van der Waals surface area (Å²) in [6.07, 6.45) is 0. The lowest BCUT2D eigenvalue weighted by Crippen LogP contribution is -2.38. The number of hydrogen-bond acceptors (Lipinski definition) is 7. The van der Waals surface area contributed by atoms with E-state index in [-0.39, 0.29) is 5.91 Å². The van der Waals surface area contributed by atoms with E-state index in [1.807, 2.05) is 18.2 Å². The minimum Gasteiger partial charge on any atom is -0.494 e. The van der Waals surface area contributed by atoms with Gasteiger partial charge in [0, 0.05) is 18.7 Å². The molecule has 0 saturated heterocycles. The van der Waals surface area contributed by atoms with E-state index >= 15 is 0 Å². The van der Waals surface area contributed by atoms with Crippen molar-refractivity contribution in [2.24, 2.45) is 0 Å². The SMILES string of the molecule is CCN(CC)CCN(C(=O)c1ccc(OC)c(OC)c1)c1nc2c(OC)cccc2s1. The molecule has 0 N–H and O–H groups in total. The molecule has 0 spiro atoms. The Morgan fingerprint density at radius 1 is 0.935 bits per heavy atom. The number of carbonyl (C=O) groups excluding carboxylic acids is 1. The van der Waals surface area contributed by atoms with Gasteiger partial charge in [0.05, 0.1) is 26.0 Å². The summed E-state index contributed by atoms with van der Waals surface area (Å²) in [7, 11) is 4.76. The molecule has 0 fully saturated rings. The van der Waals surface area contributed by atoms with E-state index in [0.29, 0.717) is 34.5 Å². The quantitative estimate of drug-likeness (QED) is 0.465. The molecule has 3 aromatic rings. The lowest BCUT2D eigenvalue weighted by Gasteiger charge is -2.25. The van der Waals surface area contributed by atoms with Gasteiger partial charge in [-0.25, -0.2) is 4.98 Å². The Kier molecular flexibility index (Phi) is 7.70. The van der Waals surface area contributed by atoms with Gasteiger partial charge < -0.3 is 19.1 Å². The number of rotatable bonds is 10. The third-order valence-electron chi connectivity index (χ3n) is 5.23. The third kappa shape index (κ3) is 4.91. The summed E-state index contributed by atoms with van der Waals surface area (Å²) in [4.78, 5) is 22.4. The Labute approximate surface area is 187 Å². The zero-order valence-corrected chi connectivity index (χ0v) is 19.5. The highest BCUT2D eigenvalue weighted by molar-refractivity contribution is 7.22. The van der Waals surface area contributed by atoms with E-state index < -0.39 is 0 Å². The predicted octanol–water partition coefficient (Wildman–Crippen LogP) is 4.31. The Hall–Kier alpha value is -2.84. The van der Waals surface area contributed by atoms with Gasteiger partial charge in [-0.2, -0.15) is 0 Å². The monoisotopic (exact) mass is 443 g/mol. The molecule has 3 rings (SSSR count). The number of carbonyl (C=O) groups is 1. The summed E-state index contributed by atoms with van der Waals surface area (Å²) >= 11 is 1.48. The fourth-order valence-electron chi connectivity index (χ4n) is 3.38. The molecule has 0 radical (unpaired) electrons. The van der Waals surface area contributed by atoms with Crippen LogP contribution in [0.5, 0.6) is 17.2 Å². The van der Waals surface area contributed by atoms with Crippen molar-refractivity contribution in [3.8, 4) is 17.2 Å². The molecule has 0 bridgehead atoms. The van der Waals surface area contributed by atoms with Crippen LogP contribution >= 0.6 is 11.3 Å². The van der Waals surface area contributed by atoms with Gasteiger partial charge in [-0.05, 0) is 43.4 Å². The molecule has 0 aliphatic rings. The van der Waals surface area contributed by atoms with Gasteiger partial charge in [0.25, 0.3) is 5.91 Å². The summed E-state index contributed by atoms with van der Waals surface area (Å²) in [6.45, 7) is 7.35. The summed E-state index contributed by atoms with van der Waals surface area (Å²) in [5.74, 6) is 1.66. The van der Waals surface area contributed by atoms with Gasteiger partial charge >= 0.3 is 0 Å². The van der Waals surface area contributed by atoms with E-state index in [9.17, 15) is 4.79 Å². The maximum atomic E-state index is 13.6. The van der Waals surface area contributed by atoms with Crippen molar-refractivity contribution in [2.75, 3.05) is 52.4 Å². The molecule has 0 saturated carbocycles. The maximum absolute atomic E-state index is 13.6. The number of fused-ring (bicyclic) bond motifs is 1. The number of aromatic nitrogens is 1. The largest absolute Gasteiger partial charge is 0.494 e. The fraction of sp³-hybridized carbons (Fsp3) is 0.391. The molecule has 8 heteroatoms. The highest BCUT2D eigenvalue weighted by atomic mass is 32.1. The van der Waals surface area contributed by atoms with Gasteiger partial charge in [-0.3, -0.25) is 9.69 Å². The van der Waals surface area contributed by atoms with Crippen molar-refractivity contribution < 1.29 is 19.0 Å². The van der Waals surface area contributed by atoms with E-state index in [4.69, 9.17) is 19.2 Å². The molecule has 2 aromatic carbocycles. The number of thiazole rings is 1. The van der Waals surface area contributed by atoms with Crippen LogP contribution in [0.4, 0.5) is 5.13 Å². The van der Waals surface area contributed by atoms with E-state index in [1.165, 1.54) is 11.3 Å². The first-order valence-corrected chi connectivity index (χ1v) is 11.1. The number of anilines is 1. The third-order valence-corrected chi connectivity index (χ3v) is 6.27. The minimum absolute atomic E-state index is 0.133. The van der Waals surface area contributed by atoms with Crippen molar-refractivity contribution in [3.63, 3.8) is 0 Å². The zero-order valence-electron chi connectivity index (χ0n) is 18.7. The second kappa shape index (κ2) is 10.5. The second-order valence-corrected chi connectivity index (χ2v) is 7.87. The smallest absolute Gasteiger partial charge is 0.260 e. The van der Waals surface area contributed by atoms with Crippen LogP contribution < -0.4 is 19.1 Å². The Bertz CT molecular complexity index is 1030. The van der Waals surface area contributed by atoms with Gasteiger partial charge in [0.15, 0.2) is 16.6 Å². The minimum atomic E-state index is -0.133. The molecule has 1 amide bonds. The molecule has 0 aliphatic carbocycles. The van der Waals surface area contributed by atoms with Gasteiger partial charge in [0.1, 0.15) is 11.3 Å². The summed E-state index contributed by atoms with van der Waals surface area (Å²) in [5, 5.41) is 0.645. The first-order valence-electron chi connectivity index (χ1n) is 10.3. The van der Waals surface area contributed by atoms with Crippen LogP contribution in [-0.4, -0.2) is 63.3 Å². The summed E-state index contributed by atoms with van der Waals surface area (Å²) < 4.78 is 17.1. The molecular formula is C23H29N3O4S. The van der Waals surface area contributed by atoms with E-state index in [1.54, 1.807) is 44.4 Å². The average molecular weight is 444 g/mol. The molecule has 166 valence electrons. The molecule has 0 atom stereocenters. The molecule has 0 unspecified atom stereocenters. The van der Waals surface area contributed by atoms with Crippen molar-refractivity contribution in [3.05, 3.63) is 42.0 Å². The van der Waals surface area contributed by atoms with Crippen LogP contribution in [0.15, 0.2) is 36.4 Å². The lowest BCUT2D eigenvalue weighted by atomic mass is 10.1. The first-order chi connectivity index (χ1) is 15.1. The standard InChI is InChI=1S/C23H29N3O4S/c1-6-25(7-2)13-14-26(22(27)16-11-12-17(28-3)19(15-16)30-5)23-24-21-18(29-4)9-8-10-20(21)31-23/h8-12,15H,6-7,13-14H2,1-5H3. The van der Waals surface area contributed by atoms with Crippen molar-refractivity contribution in [2.45, 2.75) is 13.8 Å². The number of ether oxygens (including phenoxy) is 3. The van der Waals surface area contributed by atoms with Crippen molar-refractivity contribution >= 4 is 32.6 Å². The van der Waals surface area contributed by atoms with Crippen LogP contribution in [0.25, 0.3) is 10.2 Å². The number of hydrogen-bond donors (Lipinski definition) is 0. The molecule has 0 aliphatic heterocycles. The molecule has 31 heavy (non-hydrogen) atoms. The number of benzene rings is 2. The van der Waals surface area contributed by atoms with Crippen LogP contribution in [0.3, 0.4) is 0 Å². The highest BCUT2D eigenvalue weighted by Gasteiger charge is 2.24. The molecular weight excluding hydrogens is 414 g/mol. The van der Waals surface area contributed by atoms with Crippen LogP contribution in [-0.2, 0) is 0 Å². The van der Waals surface area contributed by atoms with Crippen LogP contribution in [0.2, 0.25) is 0 Å². The number of amides is 1.